The maximum absolute atomic E-state index is 12.4. The van der Waals surface area contributed by atoms with Crippen molar-refractivity contribution in [3.63, 3.8) is 0 Å². The molecule has 1 N–H and O–H groups in total. The fraction of sp³-hybridized carbons (Fsp3) is 0.929. The highest BCUT2D eigenvalue weighted by atomic mass is 35.5. The van der Waals surface area contributed by atoms with Crippen LogP contribution in [0.4, 0.5) is 0 Å². The van der Waals surface area contributed by atoms with Crippen LogP contribution >= 0.6 is 12.4 Å². The Kier molecular flexibility index (Phi) is 8.10. The van der Waals surface area contributed by atoms with Crippen LogP contribution in [0.15, 0.2) is 0 Å². The first kappa shape index (κ1) is 19.7. The summed E-state index contributed by atoms with van der Waals surface area (Å²) in [6, 6.07) is -0.165. The number of sulfone groups is 1. The number of carbonyl (C=O) groups is 1. The van der Waals surface area contributed by atoms with Gasteiger partial charge in [-0.25, -0.2) is 8.42 Å². The first-order chi connectivity index (χ1) is 10.0. The van der Waals surface area contributed by atoms with Crippen molar-refractivity contribution in [2.24, 2.45) is 5.92 Å². The van der Waals surface area contributed by atoms with E-state index in [4.69, 9.17) is 4.74 Å². The van der Waals surface area contributed by atoms with Crippen LogP contribution < -0.4 is 5.32 Å². The number of halogens is 1. The summed E-state index contributed by atoms with van der Waals surface area (Å²) in [6.07, 6.45) is 3.80. The van der Waals surface area contributed by atoms with E-state index in [1.807, 2.05) is 0 Å². The summed E-state index contributed by atoms with van der Waals surface area (Å²) < 4.78 is 28.3. The van der Waals surface area contributed by atoms with Crippen LogP contribution in [0, 0.1) is 5.92 Å². The Bertz CT molecular complexity index is 454. The van der Waals surface area contributed by atoms with Gasteiger partial charge in [-0.1, -0.05) is 0 Å². The second kappa shape index (κ2) is 9.05. The molecule has 1 aliphatic heterocycles. The summed E-state index contributed by atoms with van der Waals surface area (Å²) in [7, 11) is -1.35. The highest BCUT2D eigenvalue weighted by Gasteiger charge is 2.34. The van der Waals surface area contributed by atoms with Gasteiger partial charge in [0.1, 0.15) is 0 Å². The molecule has 0 spiro atoms. The molecular weight excluding hydrogens is 328 g/mol. The van der Waals surface area contributed by atoms with E-state index in [1.54, 1.807) is 12.0 Å². The van der Waals surface area contributed by atoms with Crippen LogP contribution in [0.2, 0.25) is 0 Å². The molecule has 0 radical (unpaired) electrons. The number of nitrogens with one attached hydrogen (secondary N) is 1. The zero-order chi connectivity index (χ0) is 15.3. The first-order valence-corrected chi connectivity index (χ1v) is 9.53. The molecule has 1 unspecified atom stereocenters. The number of carbonyl (C=O) groups excluding carboxylic acids is 1. The van der Waals surface area contributed by atoms with Gasteiger partial charge in [-0.2, -0.15) is 0 Å². The van der Waals surface area contributed by atoms with E-state index in [2.05, 4.69) is 5.32 Å². The lowest BCUT2D eigenvalue weighted by Gasteiger charge is -2.28. The van der Waals surface area contributed by atoms with Gasteiger partial charge in [-0.3, -0.25) is 4.79 Å². The molecule has 0 aromatic rings. The minimum Gasteiger partial charge on any atom is -0.385 e. The van der Waals surface area contributed by atoms with E-state index < -0.39 is 9.84 Å². The van der Waals surface area contributed by atoms with Crippen molar-refractivity contribution < 1.29 is 17.9 Å². The highest BCUT2D eigenvalue weighted by molar-refractivity contribution is 7.91. The number of hydrogen-bond donors (Lipinski definition) is 1. The maximum Gasteiger partial charge on any atom is 0.236 e. The van der Waals surface area contributed by atoms with E-state index in [0.29, 0.717) is 26.1 Å². The van der Waals surface area contributed by atoms with E-state index >= 15 is 0 Å². The van der Waals surface area contributed by atoms with E-state index in [-0.39, 0.29) is 35.9 Å². The Labute approximate surface area is 139 Å². The molecule has 2 rings (SSSR count). The van der Waals surface area contributed by atoms with Gasteiger partial charge in [0.05, 0.1) is 18.1 Å². The van der Waals surface area contributed by atoms with Crippen LogP contribution in [-0.2, 0) is 19.4 Å². The average molecular weight is 355 g/mol. The summed E-state index contributed by atoms with van der Waals surface area (Å²) >= 11 is 0. The molecule has 2 aliphatic rings. The molecule has 1 saturated heterocycles. The van der Waals surface area contributed by atoms with Crippen molar-refractivity contribution in [1.29, 1.82) is 0 Å². The van der Waals surface area contributed by atoms with Gasteiger partial charge in [0.2, 0.25) is 5.91 Å². The first-order valence-electron chi connectivity index (χ1n) is 7.71. The van der Waals surface area contributed by atoms with E-state index in [1.165, 1.54) is 12.8 Å². The van der Waals surface area contributed by atoms with Crippen molar-refractivity contribution in [2.45, 2.75) is 31.7 Å². The largest absolute Gasteiger partial charge is 0.385 e. The molecule has 1 heterocycles. The molecule has 0 aromatic carbocycles. The molecule has 1 amide bonds. The van der Waals surface area contributed by atoms with Crippen LogP contribution in [-0.4, -0.2) is 70.1 Å². The average Bonchev–Trinajstić information content (AvgIpc) is 3.18. The third-order valence-electron chi connectivity index (χ3n) is 4.12. The van der Waals surface area contributed by atoms with Crippen LogP contribution in [0.25, 0.3) is 0 Å². The monoisotopic (exact) mass is 354 g/mol. The van der Waals surface area contributed by atoms with Crippen molar-refractivity contribution >= 4 is 28.2 Å². The lowest BCUT2D eigenvalue weighted by Crippen LogP contribution is -2.46. The van der Waals surface area contributed by atoms with Crippen molar-refractivity contribution in [1.82, 2.24) is 10.2 Å². The summed E-state index contributed by atoms with van der Waals surface area (Å²) in [4.78, 5) is 14.1. The highest BCUT2D eigenvalue weighted by Crippen LogP contribution is 2.27. The number of amides is 1. The summed E-state index contributed by atoms with van der Waals surface area (Å²) in [6.45, 7) is 2.34. The summed E-state index contributed by atoms with van der Waals surface area (Å²) in [5.74, 6) is 1.04. The minimum atomic E-state index is -2.97. The predicted octanol–water partition coefficient (Wildman–Crippen LogP) is 0.460. The van der Waals surface area contributed by atoms with E-state index in [0.717, 1.165) is 18.9 Å². The zero-order valence-electron chi connectivity index (χ0n) is 13.1. The lowest BCUT2D eigenvalue weighted by molar-refractivity contribution is -0.132. The number of ether oxygens (including phenoxy) is 1. The van der Waals surface area contributed by atoms with Gasteiger partial charge in [0.25, 0.3) is 0 Å². The Morgan fingerprint density at radius 1 is 1.32 bits per heavy atom. The molecule has 6 nitrogen and oxygen atoms in total. The van der Waals surface area contributed by atoms with Gasteiger partial charge in [-0.05, 0) is 38.1 Å². The predicted molar refractivity (Wildman–Crippen MR) is 88.1 cm³/mol. The maximum atomic E-state index is 12.4. The van der Waals surface area contributed by atoms with E-state index in [9.17, 15) is 13.2 Å². The van der Waals surface area contributed by atoms with Gasteiger partial charge < -0.3 is 15.0 Å². The second-order valence-corrected chi connectivity index (χ2v) is 8.29. The number of rotatable bonds is 9. The molecule has 0 bridgehead atoms. The van der Waals surface area contributed by atoms with Gasteiger partial charge in [0.15, 0.2) is 9.84 Å². The van der Waals surface area contributed by atoms with Crippen LogP contribution in [0.1, 0.15) is 25.7 Å². The van der Waals surface area contributed by atoms with Crippen molar-refractivity contribution in [3.05, 3.63) is 0 Å². The zero-order valence-corrected chi connectivity index (χ0v) is 14.8. The molecular formula is C14H27ClN2O4S. The smallest absolute Gasteiger partial charge is 0.236 e. The Hall–Kier alpha value is -0.370. The Morgan fingerprint density at radius 2 is 2.05 bits per heavy atom. The van der Waals surface area contributed by atoms with Gasteiger partial charge >= 0.3 is 0 Å². The number of hydrogen-bond acceptors (Lipinski definition) is 5. The van der Waals surface area contributed by atoms with Crippen LogP contribution in [0.5, 0.6) is 0 Å². The molecule has 22 heavy (non-hydrogen) atoms. The second-order valence-electron chi connectivity index (χ2n) is 6.06. The summed E-state index contributed by atoms with van der Waals surface area (Å²) in [5.41, 5.74) is 0. The van der Waals surface area contributed by atoms with Gasteiger partial charge in [0, 0.05) is 26.3 Å². The van der Waals surface area contributed by atoms with Crippen molar-refractivity contribution in [3.8, 4) is 0 Å². The van der Waals surface area contributed by atoms with Crippen molar-refractivity contribution in [2.75, 3.05) is 44.9 Å². The molecule has 2 fully saturated rings. The molecule has 1 saturated carbocycles. The fourth-order valence-corrected chi connectivity index (χ4v) is 4.45. The van der Waals surface area contributed by atoms with Gasteiger partial charge in [-0.15, -0.1) is 12.4 Å². The normalized spacial score (nSPS) is 23.0. The third kappa shape index (κ3) is 6.40. The van der Waals surface area contributed by atoms with Crippen LogP contribution in [0.3, 0.4) is 0 Å². The molecule has 1 atom stereocenters. The molecule has 0 aromatic heterocycles. The summed E-state index contributed by atoms with van der Waals surface area (Å²) in [5, 5.41) is 3.19. The molecule has 8 heteroatoms. The number of nitrogens with zero attached hydrogens (tertiary/aromatic N) is 1. The SMILES string of the molecule is COCCCN(C(=O)CNCC1CC1)C1CCS(=O)(=O)C1.Cl. The fourth-order valence-electron chi connectivity index (χ4n) is 2.72. The lowest BCUT2D eigenvalue weighted by atomic mass is 10.2. The number of methoxy groups -OCH3 is 1. The molecule has 130 valence electrons. The third-order valence-corrected chi connectivity index (χ3v) is 5.87. The topological polar surface area (TPSA) is 75.7 Å². The Balaban J connectivity index is 0.00000242. The molecule has 1 aliphatic carbocycles. The Morgan fingerprint density at radius 3 is 2.59 bits per heavy atom. The quantitative estimate of drug-likeness (QED) is 0.609. The standard InChI is InChI=1S/C14H26N2O4S.ClH/c1-20-7-2-6-16(13-5-8-21(18,19)11-13)14(17)10-15-9-12-3-4-12;/h12-13,15H,2-11H2,1H3;1H. The minimum absolute atomic E-state index is 0.